The van der Waals surface area contributed by atoms with Gasteiger partial charge in [-0.25, -0.2) is 0 Å². The number of anilines is 2. The van der Waals surface area contributed by atoms with E-state index in [4.69, 9.17) is 4.74 Å². The van der Waals surface area contributed by atoms with Crippen molar-refractivity contribution in [3.05, 3.63) is 65.2 Å². The molecule has 1 aliphatic rings. The first-order valence-corrected chi connectivity index (χ1v) is 12.2. The highest BCUT2D eigenvalue weighted by Crippen LogP contribution is 2.33. The molecule has 0 fully saturated rings. The standard InChI is InChI=1S/C22H28BrN3O3S/c1-3-13-25(2)14-4-5-16-29-21-10-11-22-18(17-21)12-15-26(22)30(27,28)24-20-8-6-19(23)7-9-20/h3,6-11,17,24H,1,4-5,12-16H2,2H3. The van der Waals surface area contributed by atoms with Crippen LogP contribution in [0.15, 0.2) is 59.6 Å². The van der Waals surface area contributed by atoms with Crippen LogP contribution in [0.5, 0.6) is 5.75 Å². The highest BCUT2D eigenvalue weighted by Gasteiger charge is 2.29. The van der Waals surface area contributed by atoms with E-state index in [9.17, 15) is 8.42 Å². The molecule has 0 atom stereocenters. The number of hydrogen-bond donors (Lipinski definition) is 1. The summed E-state index contributed by atoms with van der Waals surface area (Å²) >= 11 is 3.35. The van der Waals surface area contributed by atoms with Crippen molar-refractivity contribution in [1.29, 1.82) is 0 Å². The summed E-state index contributed by atoms with van der Waals surface area (Å²) in [4.78, 5) is 2.22. The molecule has 8 heteroatoms. The highest BCUT2D eigenvalue weighted by atomic mass is 79.9. The van der Waals surface area contributed by atoms with Crippen LogP contribution in [-0.2, 0) is 16.6 Å². The third kappa shape index (κ3) is 6.00. The van der Waals surface area contributed by atoms with Crippen LogP contribution >= 0.6 is 15.9 Å². The second-order valence-corrected chi connectivity index (χ2v) is 9.84. The van der Waals surface area contributed by atoms with Gasteiger partial charge in [-0.2, -0.15) is 8.42 Å². The van der Waals surface area contributed by atoms with E-state index in [0.29, 0.717) is 30.9 Å². The SMILES string of the molecule is C=CCN(C)CCCCOc1ccc2c(c1)CCN2S(=O)(=O)Nc1ccc(Br)cc1. The summed E-state index contributed by atoms with van der Waals surface area (Å²) in [5, 5.41) is 0. The van der Waals surface area contributed by atoms with Crippen LogP contribution in [0.1, 0.15) is 18.4 Å². The minimum atomic E-state index is -3.67. The number of hydrogen-bond acceptors (Lipinski definition) is 4. The van der Waals surface area contributed by atoms with Crippen molar-refractivity contribution in [2.75, 3.05) is 42.3 Å². The molecule has 0 amide bonds. The lowest BCUT2D eigenvalue weighted by molar-refractivity contribution is 0.287. The molecule has 30 heavy (non-hydrogen) atoms. The summed E-state index contributed by atoms with van der Waals surface area (Å²) in [6, 6.07) is 12.7. The zero-order valence-corrected chi connectivity index (χ0v) is 19.6. The number of likely N-dealkylation sites (N-methyl/N-ethyl adjacent to an activating group) is 1. The molecular formula is C22H28BrN3O3S. The Bertz CT molecular complexity index is 964. The maximum Gasteiger partial charge on any atom is 0.323 e. The molecule has 0 bridgehead atoms. The lowest BCUT2D eigenvalue weighted by Crippen LogP contribution is -2.34. The van der Waals surface area contributed by atoms with Gasteiger partial charge in [-0.15, -0.1) is 6.58 Å². The van der Waals surface area contributed by atoms with Gasteiger partial charge in [-0.1, -0.05) is 22.0 Å². The van der Waals surface area contributed by atoms with Crippen molar-refractivity contribution in [2.24, 2.45) is 0 Å². The number of benzene rings is 2. The zero-order valence-electron chi connectivity index (χ0n) is 17.2. The highest BCUT2D eigenvalue weighted by molar-refractivity contribution is 9.10. The molecule has 2 aromatic carbocycles. The molecule has 1 aliphatic heterocycles. The van der Waals surface area contributed by atoms with Gasteiger partial charge >= 0.3 is 10.2 Å². The first-order valence-electron chi connectivity index (χ1n) is 10.0. The van der Waals surface area contributed by atoms with Crippen LogP contribution < -0.4 is 13.8 Å². The molecule has 1 heterocycles. The Morgan fingerprint density at radius 1 is 1.23 bits per heavy atom. The molecule has 3 rings (SSSR count). The van der Waals surface area contributed by atoms with Gasteiger partial charge in [0, 0.05) is 17.6 Å². The fourth-order valence-corrected chi connectivity index (χ4v) is 4.97. The molecule has 162 valence electrons. The second kappa shape index (κ2) is 10.3. The van der Waals surface area contributed by atoms with Crippen molar-refractivity contribution in [1.82, 2.24) is 4.90 Å². The molecule has 0 unspecified atom stereocenters. The van der Waals surface area contributed by atoms with Crippen LogP contribution in [0.4, 0.5) is 11.4 Å². The van der Waals surface area contributed by atoms with E-state index in [-0.39, 0.29) is 0 Å². The first-order chi connectivity index (χ1) is 14.4. The lowest BCUT2D eigenvalue weighted by Gasteiger charge is -2.20. The molecule has 0 saturated carbocycles. The van der Waals surface area contributed by atoms with Crippen LogP contribution in [0, 0.1) is 0 Å². The third-order valence-corrected chi connectivity index (χ3v) is 6.91. The van der Waals surface area contributed by atoms with Gasteiger partial charge in [0.05, 0.1) is 18.0 Å². The lowest BCUT2D eigenvalue weighted by atomic mass is 10.1. The number of fused-ring (bicyclic) bond motifs is 1. The van der Waals surface area contributed by atoms with E-state index >= 15 is 0 Å². The maximum atomic E-state index is 12.8. The second-order valence-electron chi connectivity index (χ2n) is 7.33. The third-order valence-electron chi connectivity index (χ3n) is 4.93. The predicted molar refractivity (Wildman–Crippen MR) is 127 cm³/mol. The summed E-state index contributed by atoms with van der Waals surface area (Å²) in [5.74, 6) is 0.785. The van der Waals surface area contributed by atoms with Gasteiger partial charge in [0.2, 0.25) is 0 Å². The van der Waals surface area contributed by atoms with E-state index in [1.54, 1.807) is 24.3 Å². The van der Waals surface area contributed by atoms with Gasteiger partial charge in [-0.3, -0.25) is 9.03 Å². The Labute approximate surface area is 187 Å². The van der Waals surface area contributed by atoms with Crippen molar-refractivity contribution < 1.29 is 13.2 Å². The largest absolute Gasteiger partial charge is 0.494 e. The molecule has 0 spiro atoms. The normalized spacial score (nSPS) is 13.4. The number of ether oxygens (including phenoxy) is 1. The van der Waals surface area contributed by atoms with Crippen LogP contribution in [0.2, 0.25) is 0 Å². The first kappa shape index (κ1) is 22.7. The minimum absolute atomic E-state index is 0.417. The molecule has 0 aliphatic carbocycles. The Kier molecular flexibility index (Phi) is 7.80. The van der Waals surface area contributed by atoms with Gasteiger partial charge in [0.1, 0.15) is 5.75 Å². The molecular weight excluding hydrogens is 466 g/mol. The molecule has 1 N–H and O–H groups in total. The number of nitrogens with zero attached hydrogens (tertiary/aromatic N) is 2. The minimum Gasteiger partial charge on any atom is -0.494 e. The number of unbranched alkanes of at least 4 members (excludes halogenated alkanes) is 1. The zero-order chi connectivity index (χ0) is 21.6. The van der Waals surface area contributed by atoms with Gasteiger partial charge in [-0.05, 0) is 80.9 Å². The van der Waals surface area contributed by atoms with E-state index in [2.05, 4.69) is 39.2 Å². The Hall–Kier alpha value is -2.03. The van der Waals surface area contributed by atoms with Crippen LogP contribution in [0.3, 0.4) is 0 Å². The van der Waals surface area contributed by atoms with Crippen molar-refractivity contribution >= 4 is 37.5 Å². The Morgan fingerprint density at radius 2 is 2.00 bits per heavy atom. The summed E-state index contributed by atoms with van der Waals surface area (Å²) in [6.07, 6.45) is 4.60. The molecule has 0 radical (unpaired) electrons. The van der Waals surface area contributed by atoms with Crippen molar-refractivity contribution in [3.8, 4) is 5.75 Å². The smallest absolute Gasteiger partial charge is 0.323 e. The van der Waals surface area contributed by atoms with Gasteiger partial charge in [0.25, 0.3) is 0 Å². The van der Waals surface area contributed by atoms with Crippen LogP contribution in [0.25, 0.3) is 0 Å². The van der Waals surface area contributed by atoms with E-state index in [0.717, 1.165) is 41.7 Å². The van der Waals surface area contributed by atoms with Gasteiger partial charge in [0.15, 0.2) is 0 Å². The molecule has 2 aromatic rings. The Balaban J connectivity index is 1.56. The van der Waals surface area contributed by atoms with E-state index < -0.39 is 10.2 Å². The summed E-state index contributed by atoms with van der Waals surface area (Å²) in [5.41, 5.74) is 2.22. The van der Waals surface area contributed by atoms with E-state index in [1.807, 2.05) is 24.3 Å². The molecule has 0 saturated heterocycles. The Morgan fingerprint density at radius 3 is 2.73 bits per heavy atom. The predicted octanol–water partition coefficient (Wildman–Crippen LogP) is 4.45. The quantitative estimate of drug-likeness (QED) is 0.371. The number of halogens is 1. The maximum absolute atomic E-state index is 12.8. The molecule has 0 aromatic heterocycles. The van der Waals surface area contributed by atoms with Crippen molar-refractivity contribution in [3.63, 3.8) is 0 Å². The summed E-state index contributed by atoms with van der Waals surface area (Å²) < 4.78 is 36.5. The van der Waals surface area contributed by atoms with Crippen molar-refractivity contribution in [2.45, 2.75) is 19.3 Å². The van der Waals surface area contributed by atoms with Crippen LogP contribution in [-0.4, -0.2) is 46.6 Å². The average Bonchev–Trinajstić information content (AvgIpc) is 3.14. The topological polar surface area (TPSA) is 61.9 Å². The average molecular weight is 494 g/mol. The van der Waals surface area contributed by atoms with E-state index in [1.165, 1.54) is 4.31 Å². The number of rotatable bonds is 11. The monoisotopic (exact) mass is 493 g/mol. The molecule has 6 nitrogen and oxygen atoms in total. The summed E-state index contributed by atoms with van der Waals surface area (Å²) in [7, 11) is -1.60. The summed E-state index contributed by atoms with van der Waals surface area (Å²) in [6.45, 7) is 6.71. The fourth-order valence-electron chi connectivity index (χ4n) is 3.39. The van der Waals surface area contributed by atoms with Gasteiger partial charge < -0.3 is 9.64 Å². The number of nitrogens with one attached hydrogen (secondary N) is 1. The fraction of sp³-hybridized carbons (Fsp3) is 0.364.